The Labute approximate surface area is 95.3 Å². The summed E-state index contributed by atoms with van der Waals surface area (Å²) in [5, 5.41) is 13.6. The number of benzene rings is 1. The van der Waals surface area contributed by atoms with Gasteiger partial charge in [-0.25, -0.2) is 4.68 Å². The molecule has 0 amide bonds. The SMILES string of the molecule is CCc1c(CO)cnn1-c1ccccc1C. The molecule has 3 nitrogen and oxygen atoms in total. The summed E-state index contributed by atoms with van der Waals surface area (Å²) in [6.07, 6.45) is 2.61. The van der Waals surface area contributed by atoms with Gasteiger partial charge in [0.2, 0.25) is 0 Å². The fraction of sp³-hybridized carbons (Fsp3) is 0.308. The minimum atomic E-state index is 0.0506. The van der Waals surface area contributed by atoms with E-state index in [0.29, 0.717) is 0 Å². The molecular weight excluding hydrogens is 200 g/mol. The van der Waals surface area contributed by atoms with Gasteiger partial charge in [-0.15, -0.1) is 0 Å². The molecule has 0 radical (unpaired) electrons. The quantitative estimate of drug-likeness (QED) is 0.854. The monoisotopic (exact) mass is 216 g/mol. The lowest BCUT2D eigenvalue weighted by atomic mass is 10.1. The lowest BCUT2D eigenvalue weighted by Gasteiger charge is -2.09. The number of hydrogen-bond acceptors (Lipinski definition) is 2. The molecule has 0 fully saturated rings. The van der Waals surface area contributed by atoms with Crippen LogP contribution in [0.1, 0.15) is 23.7 Å². The van der Waals surface area contributed by atoms with Crippen molar-refractivity contribution in [1.29, 1.82) is 0 Å². The Morgan fingerprint density at radius 2 is 2.06 bits per heavy atom. The second-order valence-electron chi connectivity index (χ2n) is 3.83. The van der Waals surface area contributed by atoms with E-state index in [1.807, 2.05) is 22.9 Å². The summed E-state index contributed by atoms with van der Waals surface area (Å²) in [6, 6.07) is 8.13. The number of aromatic nitrogens is 2. The number of para-hydroxylation sites is 1. The zero-order chi connectivity index (χ0) is 11.5. The molecule has 0 spiro atoms. The van der Waals surface area contributed by atoms with Crippen molar-refractivity contribution in [3.8, 4) is 5.69 Å². The molecule has 0 atom stereocenters. The number of aryl methyl sites for hydroxylation is 1. The average Bonchev–Trinajstić information content (AvgIpc) is 2.72. The molecule has 1 aromatic heterocycles. The molecule has 84 valence electrons. The number of rotatable bonds is 3. The molecule has 0 saturated carbocycles. The fourth-order valence-electron chi connectivity index (χ4n) is 1.93. The maximum atomic E-state index is 9.23. The van der Waals surface area contributed by atoms with Gasteiger partial charge in [0.25, 0.3) is 0 Å². The van der Waals surface area contributed by atoms with Gasteiger partial charge in [-0.2, -0.15) is 5.10 Å². The highest BCUT2D eigenvalue weighted by molar-refractivity contribution is 5.41. The highest BCUT2D eigenvalue weighted by atomic mass is 16.3. The van der Waals surface area contributed by atoms with Crippen molar-refractivity contribution < 1.29 is 5.11 Å². The summed E-state index contributed by atoms with van der Waals surface area (Å²) in [5.74, 6) is 0. The summed E-state index contributed by atoms with van der Waals surface area (Å²) in [4.78, 5) is 0. The summed E-state index contributed by atoms with van der Waals surface area (Å²) >= 11 is 0. The zero-order valence-electron chi connectivity index (χ0n) is 9.64. The molecule has 1 N–H and O–H groups in total. The van der Waals surface area contributed by atoms with E-state index in [0.717, 1.165) is 23.4 Å². The van der Waals surface area contributed by atoms with Crippen LogP contribution in [0.4, 0.5) is 0 Å². The molecule has 0 unspecified atom stereocenters. The number of aliphatic hydroxyl groups excluding tert-OH is 1. The van der Waals surface area contributed by atoms with Crippen molar-refractivity contribution in [2.45, 2.75) is 26.9 Å². The van der Waals surface area contributed by atoms with Crippen molar-refractivity contribution in [1.82, 2.24) is 9.78 Å². The second-order valence-corrected chi connectivity index (χ2v) is 3.83. The first-order chi connectivity index (χ1) is 7.77. The van der Waals surface area contributed by atoms with E-state index in [4.69, 9.17) is 0 Å². The van der Waals surface area contributed by atoms with Crippen molar-refractivity contribution in [2.75, 3.05) is 0 Å². The van der Waals surface area contributed by atoms with Gasteiger partial charge in [0.15, 0.2) is 0 Å². The standard InChI is InChI=1S/C13H16N2O/c1-3-12-11(9-16)8-14-15(12)13-7-5-4-6-10(13)2/h4-8,16H,3,9H2,1-2H3. The van der Waals surface area contributed by atoms with Crippen LogP contribution in [0.5, 0.6) is 0 Å². The minimum absolute atomic E-state index is 0.0506. The van der Waals surface area contributed by atoms with Gasteiger partial charge >= 0.3 is 0 Å². The first-order valence-corrected chi connectivity index (χ1v) is 5.50. The normalized spacial score (nSPS) is 10.7. The smallest absolute Gasteiger partial charge is 0.0715 e. The van der Waals surface area contributed by atoms with E-state index in [1.54, 1.807) is 6.20 Å². The van der Waals surface area contributed by atoms with Crippen molar-refractivity contribution in [3.05, 3.63) is 47.3 Å². The fourth-order valence-corrected chi connectivity index (χ4v) is 1.93. The topological polar surface area (TPSA) is 38.1 Å². The van der Waals surface area contributed by atoms with Gasteiger partial charge in [-0.1, -0.05) is 25.1 Å². The second kappa shape index (κ2) is 4.49. The highest BCUT2D eigenvalue weighted by Crippen LogP contribution is 2.18. The Kier molecular flexibility index (Phi) is 3.06. The molecule has 0 saturated heterocycles. The van der Waals surface area contributed by atoms with Crippen molar-refractivity contribution in [3.63, 3.8) is 0 Å². The molecule has 3 heteroatoms. The molecule has 0 bridgehead atoms. The molecule has 0 aliphatic rings. The highest BCUT2D eigenvalue weighted by Gasteiger charge is 2.10. The van der Waals surface area contributed by atoms with Crippen LogP contribution < -0.4 is 0 Å². The maximum absolute atomic E-state index is 9.23. The Morgan fingerprint density at radius 3 is 2.69 bits per heavy atom. The Hall–Kier alpha value is -1.61. The first-order valence-electron chi connectivity index (χ1n) is 5.50. The summed E-state index contributed by atoms with van der Waals surface area (Å²) in [7, 11) is 0. The van der Waals surface area contributed by atoms with E-state index < -0.39 is 0 Å². The molecule has 2 aromatic rings. The van der Waals surface area contributed by atoms with Crippen LogP contribution in [-0.2, 0) is 13.0 Å². The van der Waals surface area contributed by atoms with Gasteiger partial charge in [-0.05, 0) is 25.0 Å². The van der Waals surface area contributed by atoms with E-state index in [1.165, 1.54) is 5.56 Å². The van der Waals surface area contributed by atoms with E-state index in [9.17, 15) is 5.11 Å². The van der Waals surface area contributed by atoms with Crippen LogP contribution in [0.25, 0.3) is 5.69 Å². The third-order valence-electron chi connectivity index (χ3n) is 2.80. The predicted octanol–water partition coefficient (Wildman–Crippen LogP) is 2.24. The molecule has 0 aliphatic heterocycles. The first kappa shape index (κ1) is 10.9. The summed E-state index contributed by atoms with van der Waals surface area (Å²) in [5.41, 5.74) is 4.26. The largest absolute Gasteiger partial charge is 0.392 e. The van der Waals surface area contributed by atoms with Crippen molar-refractivity contribution in [2.24, 2.45) is 0 Å². The molecule has 2 rings (SSSR count). The molecular formula is C13H16N2O. The van der Waals surface area contributed by atoms with E-state index in [-0.39, 0.29) is 6.61 Å². The van der Waals surface area contributed by atoms with Crippen LogP contribution in [0, 0.1) is 6.92 Å². The Bertz CT molecular complexity index is 488. The zero-order valence-corrected chi connectivity index (χ0v) is 9.64. The average molecular weight is 216 g/mol. The van der Waals surface area contributed by atoms with Gasteiger partial charge in [-0.3, -0.25) is 0 Å². The van der Waals surface area contributed by atoms with Crippen LogP contribution in [0.15, 0.2) is 30.5 Å². The van der Waals surface area contributed by atoms with Crippen LogP contribution in [-0.4, -0.2) is 14.9 Å². The van der Waals surface area contributed by atoms with E-state index >= 15 is 0 Å². The number of nitrogens with zero attached hydrogens (tertiary/aromatic N) is 2. The summed E-state index contributed by atoms with van der Waals surface area (Å²) in [6.45, 7) is 4.19. The van der Waals surface area contributed by atoms with Gasteiger partial charge in [0, 0.05) is 11.3 Å². The Balaban J connectivity index is 2.56. The van der Waals surface area contributed by atoms with E-state index in [2.05, 4.69) is 25.0 Å². The minimum Gasteiger partial charge on any atom is -0.392 e. The molecule has 0 aliphatic carbocycles. The summed E-state index contributed by atoms with van der Waals surface area (Å²) < 4.78 is 1.92. The van der Waals surface area contributed by atoms with Crippen molar-refractivity contribution >= 4 is 0 Å². The predicted molar refractivity (Wildman–Crippen MR) is 63.6 cm³/mol. The maximum Gasteiger partial charge on any atom is 0.0715 e. The third kappa shape index (κ3) is 1.74. The number of hydrogen-bond donors (Lipinski definition) is 1. The van der Waals surface area contributed by atoms with Crippen LogP contribution in [0.2, 0.25) is 0 Å². The number of aliphatic hydroxyl groups is 1. The lowest BCUT2D eigenvalue weighted by Crippen LogP contribution is -2.04. The molecule has 1 aromatic carbocycles. The van der Waals surface area contributed by atoms with Crippen LogP contribution in [0.3, 0.4) is 0 Å². The van der Waals surface area contributed by atoms with Gasteiger partial charge in [0.05, 0.1) is 18.5 Å². The Morgan fingerprint density at radius 1 is 1.31 bits per heavy atom. The molecule has 16 heavy (non-hydrogen) atoms. The van der Waals surface area contributed by atoms with Gasteiger partial charge < -0.3 is 5.11 Å². The third-order valence-corrected chi connectivity index (χ3v) is 2.80. The van der Waals surface area contributed by atoms with Crippen LogP contribution >= 0.6 is 0 Å². The molecule has 1 heterocycles. The van der Waals surface area contributed by atoms with Gasteiger partial charge in [0.1, 0.15) is 0 Å². The lowest BCUT2D eigenvalue weighted by molar-refractivity contribution is 0.280.